The van der Waals surface area contributed by atoms with Crippen molar-refractivity contribution < 1.29 is 14.5 Å². The number of amidine groups is 1. The van der Waals surface area contributed by atoms with E-state index in [1.54, 1.807) is 19.1 Å². The Morgan fingerprint density at radius 2 is 2.03 bits per heavy atom. The van der Waals surface area contributed by atoms with Gasteiger partial charge in [0.1, 0.15) is 17.4 Å². The number of thioether (sulfide) groups is 1. The molecule has 1 aliphatic heterocycles. The van der Waals surface area contributed by atoms with E-state index in [9.17, 15) is 14.9 Å². The first-order valence-corrected chi connectivity index (χ1v) is 11.5. The number of nitrogens with one attached hydrogen (secondary N) is 1. The molecule has 9 nitrogen and oxygen atoms in total. The number of benzene rings is 2. The molecule has 3 N–H and O–H groups in total. The van der Waals surface area contributed by atoms with Crippen LogP contribution in [0.15, 0.2) is 71.0 Å². The second-order valence-electron chi connectivity index (χ2n) is 7.43. The number of ether oxygens (including phenoxy) is 1. The lowest BCUT2D eigenvalue weighted by Crippen LogP contribution is -2.36. The Morgan fingerprint density at radius 1 is 1.27 bits per heavy atom. The van der Waals surface area contributed by atoms with Gasteiger partial charge in [-0.3, -0.25) is 10.1 Å². The van der Waals surface area contributed by atoms with Gasteiger partial charge in [-0.15, -0.1) is 0 Å². The summed E-state index contributed by atoms with van der Waals surface area (Å²) in [6.45, 7) is 3.50. The van der Waals surface area contributed by atoms with E-state index in [1.165, 1.54) is 29.5 Å². The Hall–Kier alpha value is -3.37. The maximum atomic E-state index is 12.6. The van der Waals surface area contributed by atoms with Gasteiger partial charge in [0.25, 0.3) is 5.69 Å². The average molecular weight is 470 g/mol. The number of hydrogen-bond donors (Lipinski definition) is 2. The summed E-state index contributed by atoms with van der Waals surface area (Å²) in [6, 6.07) is 15.5. The van der Waals surface area contributed by atoms with E-state index >= 15 is 0 Å². The molecule has 0 bridgehead atoms. The number of hydrogen-bond acceptors (Lipinski definition) is 9. The Labute approximate surface area is 196 Å². The minimum absolute atomic E-state index is 0.0836. The molecule has 1 aliphatic rings. The van der Waals surface area contributed by atoms with Crippen molar-refractivity contribution in [1.82, 2.24) is 10.2 Å². The first-order chi connectivity index (χ1) is 15.9. The number of nitro benzene ring substituents is 1. The van der Waals surface area contributed by atoms with Gasteiger partial charge in [-0.1, -0.05) is 54.2 Å². The molecule has 2 aromatic carbocycles. The van der Waals surface area contributed by atoms with Crippen LogP contribution in [0.3, 0.4) is 0 Å². The first-order valence-electron chi connectivity index (χ1n) is 10.5. The zero-order chi connectivity index (χ0) is 23.8. The number of rotatable bonds is 9. The summed E-state index contributed by atoms with van der Waals surface area (Å²) in [5.74, 6) is 0.272. The Bertz CT molecular complexity index is 1060. The number of nitrogens with two attached hydrogens (primary N) is 1. The SMILES string of the molecule is CCOC(=O)C1=C(N)NC(SCCN(C)Cc2ccccc2)=NC1c1cccc([N+](=O)[O-])c1. The van der Waals surface area contributed by atoms with E-state index in [0.29, 0.717) is 10.7 Å². The maximum absolute atomic E-state index is 12.6. The van der Waals surface area contributed by atoms with Crippen LogP contribution in [0.5, 0.6) is 0 Å². The summed E-state index contributed by atoms with van der Waals surface area (Å²) < 4.78 is 5.15. The van der Waals surface area contributed by atoms with Gasteiger partial charge in [0, 0.05) is 31.0 Å². The fourth-order valence-electron chi connectivity index (χ4n) is 3.37. The van der Waals surface area contributed by atoms with E-state index < -0.39 is 16.9 Å². The highest BCUT2D eigenvalue weighted by Gasteiger charge is 2.32. The molecule has 0 amide bonds. The predicted octanol–water partition coefficient (Wildman–Crippen LogP) is 3.19. The van der Waals surface area contributed by atoms with Crippen molar-refractivity contribution in [1.29, 1.82) is 0 Å². The Balaban J connectivity index is 1.75. The summed E-state index contributed by atoms with van der Waals surface area (Å²) >= 11 is 1.47. The molecule has 1 heterocycles. The molecule has 0 fully saturated rings. The van der Waals surface area contributed by atoms with Crippen LogP contribution >= 0.6 is 11.8 Å². The van der Waals surface area contributed by atoms with E-state index in [4.69, 9.17) is 10.5 Å². The molecule has 1 unspecified atom stereocenters. The summed E-state index contributed by atoms with van der Waals surface area (Å²) in [5, 5.41) is 14.8. The fourth-order valence-corrected chi connectivity index (χ4v) is 4.33. The zero-order valence-corrected chi connectivity index (χ0v) is 19.4. The van der Waals surface area contributed by atoms with Crippen LogP contribution in [0.1, 0.15) is 24.1 Å². The molecule has 33 heavy (non-hydrogen) atoms. The second-order valence-corrected chi connectivity index (χ2v) is 8.52. The number of aliphatic imine (C=N–C) groups is 1. The normalized spacial score (nSPS) is 15.7. The molecule has 1 atom stereocenters. The molecule has 10 heteroatoms. The van der Waals surface area contributed by atoms with Gasteiger partial charge in [0.05, 0.1) is 11.5 Å². The van der Waals surface area contributed by atoms with Crippen molar-refractivity contribution in [2.24, 2.45) is 10.7 Å². The number of esters is 1. The van der Waals surface area contributed by atoms with Gasteiger partial charge in [-0.05, 0) is 25.1 Å². The lowest BCUT2D eigenvalue weighted by atomic mass is 9.97. The minimum atomic E-state index is -0.797. The monoisotopic (exact) mass is 469 g/mol. The van der Waals surface area contributed by atoms with Crippen molar-refractivity contribution in [2.75, 3.05) is 26.0 Å². The van der Waals surface area contributed by atoms with Crippen LogP contribution in [0.4, 0.5) is 5.69 Å². The molecular weight excluding hydrogens is 442 g/mol. The van der Waals surface area contributed by atoms with Crippen molar-refractivity contribution in [3.8, 4) is 0 Å². The topological polar surface area (TPSA) is 123 Å². The molecule has 2 aromatic rings. The lowest BCUT2D eigenvalue weighted by molar-refractivity contribution is -0.384. The van der Waals surface area contributed by atoms with Crippen molar-refractivity contribution in [3.63, 3.8) is 0 Å². The molecule has 0 aliphatic carbocycles. The average Bonchev–Trinajstić information content (AvgIpc) is 2.79. The van der Waals surface area contributed by atoms with Crippen LogP contribution in [-0.4, -0.2) is 46.9 Å². The largest absolute Gasteiger partial charge is 0.462 e. The van der Waals surface area contributed by atoms with Crippen LogP contribution in [0, 0.1) is 10.1 Å². The molecule has 3 rings (SSSR count). The number of carbonyl (C=O) groups excluding carboxylic acids is 1. The number of non-ortho nitro benzene ring substituents is 1. The molecular formula is C23H27N5O4S. The van der Waals surface area contributed by atoms with Crippen LogP contribution in [0.2, 0.25) is 0 Å². The third kappa shape index (κ3) is 6.56. The Kier molecular flexibility index (Phi) is 8.45. The van der Waals surface area contributed by atoms with Crippen molar-refractivity contribution in [2.45, 2.75) is 19.5 Å². The number of nitro groups is 1. The third-order valence-corrected chi connectivity index (χ3v) is 5.82. The van der Waals surface area contributed by atoms with Gasteiger partial charge in [-0.25, -0.2) is 9.79 Å². The van der Waals surface area contributed by atoms with Gasteiger partial charge >= 0.3 is 5.97 Å². The summed E-state index contributed by atoms with van der Waals surface area (Å²) in [7, 11) is 2.04. The molecule has 0 saturated heterocycles. The second kappa shape index (κ2) is 11.5. The molecule has 0 radical (unpaired) electrons. The minimum Gasteiger partial charge on any atom is -0.462 e. The molecule has 0 spiro atoms. The van der Waals surface area contributed by atoms with Crippen LogP contribution in [0.25, 0.3) is 0 Å². The summed E-state index contributed by atoms with van der Waals surface area (Å²) in [5.41, 5.74) is 7.97. The van der Waals surface area contributed by atoms with Crippen molar-refractivity contribution >= 4 is 28.6 Å². The van der Waals surface area contributed by atoms with E-state index in [0.717, 1.165) is 18.8 Å². The van der Waals surface area contributed by atoms with Crippen molar-refractivity contribution in [3.05, 3.63) is 87.2 Å². The maximum Gasteiger partial charge on any atom is 0.340 e. The van der Waals surface area contributed by atoms with E-state index in [1.807, 2.05) is 25.2 Å². The smallest absolute Gasteiger partial charge is 0.340 e. The highest BCUT2D eigenvalue weighted by atomic mass is 32.2. The lowest BCUT2D eigenvalue weighted by Gasteiger charge is -2.25. The molecule has 0 aromatic heterocycles. The zero-order valence-electron chi connectivity index (χ0n) is 18.6. The standard InChI is InChI=1S/C23H27N5O4S/c1-3-32-22(29)19-20(17-10-7-11-18(14-17)28(30)31)25-23(26-21(19)24)33-13-12-27(2)15-16-8-5-4-6-9-16/h4-11,14,20H,3,12-13,15,24H2,1-2H3,(H,25,26). The van der Waals surface area contributed by atoms with E-state index in [-0.39, 0.29) is 23.7 Å². The summed E-state index contributed by atoms with van der Waals surface area (Å²) in [4.78, 5) is 30.2. The van der Waals surface area contributed by atoms with Gasteiger partial charge < -0.3 is 20.7 Å². The number of carbonyl (C=O) groups is 1. The van der Waals surface area contributed by atoms with Gasteiger partial charge in [-0.2, -0.15) is 0 Å². The van der Waals surface area contributed by atoms with Crippen LogP contribution < -0.4 is 11.1 Å². The first kappa shape index (κ1) is 24.3. The van der Waals surface area contributed by atoms with Gasteiger partial charge in [0.15, 0.2) is 5.17 Å². The summed E-state index contributed by atoms with van der Waals surface area (Å²) in [6.07, 6.45) is 0. The molecule has 0 saturated carbocycles. The highest BCUT2D eigenvalue weighted by Crippen LogP contribution is 2.33. The Morgan fingerprint density at radius 3 is 2.73 bits per heavy atom. The number of nitrogens with zero attached hydrogens (tertiary/aromatic N) is 3. The third-order valence-electron chi connectivity index (χ3n) is 4.95. The fraction of sp³-hybridized carbons (Fsp3) is 0.304. The predicted molar refractivity (Wildman–Crippen MR) is 129 cm³/mol. The van der Waals surface area contributed by atoms with Crippen LogP contribution in [-0.2, 0) is 16.1 Å². The quantitative estimate of drug-likeness (QED) is 0.326. The highest BCUT2D eigenvalue weighted by molar-refractivity contribution is 8.13. The van der Waals surface area contributed by atoms with E-state index in [2.05, 4.69) is 27.3 Å². The van der Waals surface area contributed by atoms with Gasteiger partial charge in [0.2, 0.25) is 0 Å². The molecule has 174 valence electrons.